The first-order valence-corrected chi connectivity index (χ1v) is 6.74. The number of hydroxylamine groups is 3. The van der Waals surface area contributed by atoms with Gasteiger partial charge in [0, 0.05) is 22.4 Å². The molecule has 0 radical (unpaired) electrons. The molecule has 0 aliphatic carbocycles. The molecule has 2 nitrogen and oxygen atoms in total. The van der Waals surface area contributed by atoms with Crippen molar-refractivity contribution in [3.05, 3.63) is 63.0 Å². The molecule has 0 spiro atoms. The molecule has 88 valence electrons. The first-order valence-electron chi connectivity index (χ1n) is 5.86. The van der Waals surface area contributed by atoms with Gasteiger partial charge in [0.1, 0.15) is 6.04 Å². The van der Waals surface area contributed by atoms with Gasteiger partial charge in [0.2, 0.25) is 0 Å². The lowest BCUT2D eigenvalue weighted by Gasteiger charge is -2.48. The highest BCUT2D eigenvalue weighted by Crippen LogP contribution is 2.40. The van der Waals surface area contributed by atoms with E-state index in [0.29, 0.717) is 6.54 Å². The van der Waals surface area contributed by atoms with Crippen molar-refractivity contribution < 1.29 is 4.65 Å². The number of rotatable bonds is 1. The number of benzene rings is 1. The molecule has 0 fully saturated rings. The maximum atomic E-state index is 12.7. The van der Waals surface area contributed by atoms with E-state index in [1.54, 1.807) is 18.4 Å². The number of nitrogens with zero attached hydrogens (tertiary/aromatic N) is 1. The second-order valence-corrected chi connectivity index (χ2v) is 5.76. The third-order valence-corrected chi connectivity index (χ3v) is 4.52. The zero-order valence-corrected chi connectivity index (χ0v) is 10.6. The van der Waals surface area contributed by atoms with Crippen LogP contribution in [-0.2, 0) is 6.42 Å². The molecule has 0 saturated heterocycles. The van der Waals surface area contributed by atoms with Gasteiger partial charge in [-0.2, -0.15) is 0 Å². The normalized spacial score (nSPS) is 27.8. The van der Waals surface area contributed by atoms with E-state index in [0.717, 1.165) is 12.0 Å². The Hall–Kier alpha value is -1.16. The summed E-state index contributed by atoms with van der Waals surface area (Å²) >= 11 is 1.78. The Morgan fingerprint density at radius 2 is 2.00 bits per heavy atom. The van der Waals surface area contributed by atoms with Crippen LogP contribution >= 0.6 is 11.3 Å². The van der Waals surface area contributed by atoms with Crippen LogP contribution in [0.2, 0.25) is 0 Å². The highest BCUT2D eigenvalue weighted by atomic mass is 32.1. The molecule has 2 unspecified atom stereocenters. The Morgan fingerprint density at radius 1 is 1.24 bits per heavy atom. The van der Waals surface area contributed by atoms with Gasteiger partial charge in [0.15, 0.2) is 0 Å². The lowest BCUT2D eigenvalue weighted by atomic mass is 9.93. The van der Waals surface area contributed by atoms with Crippen molar-refractivity contribution in [3.63, 3.8) is 0 Å². The van der Waals surface area contributed by atoms with Crippen LogP contribution in [0.4, 0.5) is 0 Å². The molecule has 3 rings (SSSR count). The fraction of sp³-hybridized carbons (Fsp3) is 0.286. The summed E-state index contributed by atoms with van der Waals surface area (Å²) in [6.07, 6.45) is 0.913. The average molecular weight is 245 g/mol. The smallest absolute Gasteiger partial charge is 0.141 e. The minimum absolute atomic E-state index is 0.0498. The number of hydrogen-bond acceptors (Lipinski definition) is 2. The van der Waals surface area contributed by atoms with Gasteiger partial charge in [0.25, 0.3) is 0 Å². The minimum Gasteiger partial charge on any atom is -0.632 e. The summed E-state index contributed by atoms with van der Waals surface area (Å²) in [5, 5.41) is 14.8. The summed E-state index contributed by atoms with van der Waals surface area (Å²) in [6.45, 7) is 0.674. The summed E-state index contributed by atoms with van der Waals surface area (Å²) in [4.78, 5) is 1.38. The van der Waals surface area contributed by atoms with Gasteiger partial charge in [-0.1, -0.05) is 30.3 Å². The summed E-state index contributed by atoms with van der Waals surface area (Å²) in [7, 11) is 1.79. The Bertz CT molecular complexity index is 518. The Labute approximate surface area is 105 Å². The molecule has 1 aromatic heterocycles. The molecule has 0 saturated carbocycles. The van der Waals surface area contributed by atoms with Crippen LogP contribution in [0.25, 0.3) is 0 Å². The molecule has 1 aliphatic heterocycles. The topological polar surface area (TPSA) is 23.1 Å². The predicted molar refractivity (Wildman–Crippen MR) is 70.7 cm³/mol. The van der Waals surface area contributed by atoms with Crippen LogP contribution in [0, 0.1) is 5.21 Å². The molecule has 17 heavy (non-hydrogen) atoms. The molecule has 0 amide bonds. The standard InChI is InChI=1S/C14H15NOS/c1-15(16)9-7-13-12(8-10-17-13)14(15)11-5-3-2-4-6-11/h2-6,8,10,14H,7,9H2,1H3. The average Bonchev–Trinajstić information content (AvgIpc) is 2.77. The molecule has 2 atom stereocenters. The van der Waals surface area contributed by atoms with Gasteiger partial charge in [0.05, 0.1) is 13.6 Å². The Balaban J connectivity index is 2.13. The van der Waals surface area contributed by atoms with Crippen molar-refractivity contribution in [1.29, 1.82) is 0 Å². The van der Waals surface area contributed by atoms with Crippen molar-refractivity contribution in [3.8, 4) is 0 Å². The van der Waals surface area contributed by atoms with Crippen LogP contribution in [-0.4, -0.2) is 18.2 Å². The maximum Gasteiger partial charge on any atom is 0.141 e. The van der Waals surface area contributed by atoms with Crippen LogP contribution in [0.3, 0.4) is 0 Å². The first kappa shape index (κ1) is 11.0. The van der Waals surface area contributed by atoms with E-state index >= 15 is 0 Å². The zero-order valence-electron chi connectivity index (χ0n) is 9.80. The lowest BCUT2D eigenvalue weighted by molar-refractivity contribution is -0.888. The van der Waals surface area contributed by atoms with Crippen molar-refractivity contribution in [2.75, 3.05) is 13.6 Å². The van der Waals surface area contributed by atoms with E-state index in [2.05, 4.69) is 23.6 Å². The molecular formula is C14H15NOS. The van der Waals surface area contributed by atoms with Crippen molar-refractivity contribution in [1.82, 2.24) is 0 Å². The van der Waals surface area contributed by atoms with Gasteiger partial charge in [-0.25, -0.2) is 0 Å². The number of thiophene rings is 1. The van der Waals surface area contributed by atoms with Gasteiger partial charge < -0.3 is 9.85 Å². The van der Waals surface area contributed by atoms with E-state index in [4.69, 9.17) is 0 Å². The molecule has 3 heteroatoms. The summed E-state index contributed by atoms with van der Waals surface area (Å²) in [6, 6.07) is 12.2. The zero-order chi connectivity index (χ0) is 11.9. The SMILES string of the molecule is C[N+]1([O-])CCc2sccc2C1c1ccccc1. The number of hydrogen-bond donors (Lipinski definition) is 0. The number of fused-ring (bicyclic) bond motifs is 1. The predicted octanol–water partition coefficient (Wildman–Crippen LogP) is 3.34. The fourth-order valence-electron chi connectivity index (χ4n) is 2.67. The molecule has 1 aliphatic rings. The fourth-order valence-corrected chi connectivity index (χ4v) is 3.58. The first-order chi connectivity index (χ1) is 8.18. The van der Waals surface area contributed by atoms with Gasteiger partial charge >= 0.3 is 0 Å². The van der Waals surface area contributed by atoms with Gasteiger partial charge in [-0.05, 0) is 11.4 Å². The lowest BCUT2D eigenvalue weighted by Crippen LogP contribution is -2.46. The van der Waals surface area contributed by atoms with Crippen molar-refractivity contribution in [2.24, 2.45) is 0 Å². The van der Waals surface area contributed by atoms with E-state index < -0.39 is 0 Å². The maximum absolute atomic E-state index is 12.7. The number of likely N-dealkylation sites (N-methyl/N-ethyl adjacent to an activating group) is 1. The summed E-state index contributed by atoms with van der Waals surface area (Å²) in [5.41, 5.74) is 2.36. The van der Waals surface area contributed by atoms with Crippen LogP contribution in [0.1, 0.15) is 22.0 Å². The van der Waals surface area contributed by atoms with E-state index in [9.17, 15) is 5.21 Å². The summed E-state index contributed by atoms with van der Waals surface area (Å²) in [5.74, 6) is 0. The van der Waals surface area contributed by atoms with Crippen LogP contribution < -0.4 is 0 Å². The largest absolute Gasteiger partial charge is 0.632 e. The van der Waals surface area contributed by atoms with E-state index in [1.165, 1.54) is 10.4 Å². The molecule has 0 N–H and O–H groups in total. The van der Waals surface area contributed by atoms with Gasteiger partial charge in [-0.15, -0.1) is 11.3 Å². The molecule has 0 bridgehead atoms. The van der Waals surface area contributed by atoms with E-state index in [-0.39, 0.29) is 10.7 Å². The van der Waals surface area contributed by atoms with Crippen molar-refractivity contribution in [2.45, 2.75) is 12.5 Å². The highest BCUT2D eigenvalue weighted by Gasteiger charge is 2.34. The number of quaternary nitrogens is 1. The molecule has 2 heterocycles. The minimum atomic E-state index is -0.187. The van der Waals surface area contributed by atoms with Crippen LogP contribution in [0.15, 0.2) is 41.8 Å². The van der Waals surface area contributed by atoms with Gasteiger partial charge in [-0.3, -0.25) is 0 Å². The van der Waals surface area contributed by atoms with Crippen molar-refractivity contribution >= 4 is 11.3 Å². The summed E-state index contributed by atoms with van der Waals surface area (Å²) < 4.78 is -0.187. The highest BCUT2D eigenvalue weighted by molar-refractivity contribution is 7.10. The van der Waals surface area contributed by atoms with Crippen LogP contribution in [0.5, 0.6) is 0 Å². The Morgan fingerprint density at radius 3 is 2.76 bits per heavy atom. The second kappa shape index (κ2) is 3.95. The Kier molecular flexibility index (Phi) is 2.54. The molecule has 1 aromatic carbocycles. The quantitative estimate of drug-likeness (QED) is 0.558. The third-order valence-electron chi connectivity index (χ3n) is 3.52. The molecular weight excluding hydrogens is 230 g/mol. The monoisotopic (exact) mass is 245 g/mol. The van der Waals surface area contributed by atoms with E-state index in [1.807, 2.05) is 18.2 Å². The third kappa shape index (κ3) is 1.80. The second-order valence-electron chi connectivity index (χ2n) is 4.76. The molecule has 2 aromatic rings.